The molecule has 3 atom stereocenters. The topological polar surface area (TPSA) is 136 Å². The first kappa shape index (κ1) is 28.5. The fraction of sp³-hybridized carbons (Fsp3) is 0.448. The third kappa shape index (κ3) is 5.47. The number of carbonyl (C=O) groups is 3. The van der Waals surface area contributed by atoms with E-state index in [0.717, 1.165) is 6.42 Å². The molecular formula is C29H35N7O4. The molecule has 1 unspecified atom stereocenters. The number of carbonyl (C=O) groups excluding carboxylic acids is 2. The van der Waals surface area contributed by atoms with Gasteiger partial charge in [0.05, 0.1) is 17.5 Å². The normalized spacial score (nSPS) is 18.1. The summed E-state index contributed by atoms with van der Waals surface area (Å²) in [5.74, 6) is 0.213. The summed E-state index contributed by atoms with van der Waals surface area (Å²) in [5.41, 5.74) is 0.0521. The van der Waals surface area contributed by atoms with Crippen LogP contribution in [0.1, 0.15) is 56.9 Å². The number of likely N-dealkylation sites (N-methyl/N-ethyl adjacent to an activating group) is 1. The van der Waals surface area contributed by atoms with Gasteiger partial charge in [0.15, 0.2) is 5.65 Å². The van der Waals surface area contributed by atoms with E-state index in [4.69, 9.17) is 5.26 Å². The van der Waals surface area contributed by atoms with Crippen molar-refractivity contribution in [1.82, 2.24) is 24.3 Å². The zero-order chi connectivity index (χ0) is 29.2. The molecule has 3 heterocycles. The summed E-state index contributed by atoms with van der Waals surface area (Å²) in [6.45, 7) is 8.44. The highest BCUT2D eigenvalue weighted by molar-refractivity contribution is 5.98. The monoisotopic (exact) mass is 545 g/mol. The van der Waals surface area contributed by atoms with Gasteiger partial charge in [-0.1, -0.05) is 37.3 Å². The number of piperidine rings is 1. The highest BCUT2D eigenvalue weighted by atomic mass is 16.4. The standard InChI is InChI=1S/C29H35N7O4/c1-19-12-15-34(23(37)11-14-30)17-22(19)33(5)25-21-13-16-35(26(21)32-18-31-25)27(38)24(20-9-7-6-8-10-20)36(28(39)40)29(2,3)4/h6-10,13,16,18-19,22,24H,11-12,15,17H2,1-5H3,(H,39,40)/t19-,22+,24?/m1/s1. The van der Waals surface area contributed by atoms with Crippen LogP contribution in [0.3, 0.4) is 0 Å². The van der Waals surface area contributed by atoms with Crippen LogP contribution in [-0.2, 0) is 4.79 Å². The van der Waals surface area contributed by atoms with Crippen molar-refractivity contribution in [2.75, 3.05) is 25.0 Å². The predicted molar refractivity (Wildman–Crippen MR) is 150 cm³/mol. The van der Waals surface area contributed by atoms with Gasteiger partial charge in [0.2, 0.25) is 5.91 Å². The van der Waals surface area contributed by atoms with Gasteiger partial charge in [0.1, 0.15) is 24.6 Å². The number of carboxylic acid groups (broad SMARTS) is 1. The second-order valence-electron chi connectivity index (χ2n) is 11.2. The summed E-state index contributed by atoms with van der Waals surface area (Å²) >= 11 is 0. The molecule has 0 aliphatic carbocycles. The van der Waals surface area contributed by atoms with E-state index in [1.54, 1.807) is 62.2 Å². The van der Waals surface area contributed by atoms with Crippen molar-refractivity contribution in [2.24, 2.45) is 5.92 Å². The Hall–Kier alpha value is -4.46. The highest BCUT2D eigenvalue weighted by Crippen LogP contribution is 2.33. The summed E-state index contributed by atoms with van der Waals surface area (Å²) in [6.07, 6.45) is 2.42. The van der Waals surface area contributed by atoms with Gasteiger partial charge in [-0.05, 0) is 44.7 Å². The maximum absolute atomic E-state index is 14.1. The number of anilines is 1. The van der Waals surface area contributed by atoms with Gasteiger partial charge in [-0.15, -0.1) is 0 Å². The molecule has 2 amide bonds. The van der Waals surface area contributed by atoms with Crippen molar-refractivity contribution < 1.29 is 19.5 Å². The van der Waals surface area contributed by atoms with Gasteiger partial charge in [-0.3, -0.25) is 19.1 Å². The minimum atomic E-state index is -1.21. The van der Waals surface area contributed by atoms with Crippen molar-refractivity contribution in [3.63, 3.8) is 0 Å². The lowest BCUT2D eigenvalue weighted by Gasteiger charge is -2.42. The zero-order valence-corrected chi connectivity index (χ0v) is 23.5. The van der Waals surface area contributed by atoms with Gasteiger partial charge in [0, 0.05) is 31.9 Å². The number of benzene rings is 1. The van der Waals surface area contributed by atoms with Crippen LogP contribution in [0.4, 0.5) is 10.6 Å². The Balaban J connectivity index is 1.74. The molecule has 11 nitrogen and oxygen atoms in total. The molecule has 1 N–H and O–H groups in total. The number of aromatic nitrogens is 3. The lowest BCUT2D eigenvalue weighted by molar-refractivity contribution is -0.131. The van der Waals surface area contributed by atoms with E-state index in [1.165, 1.54) is 15.8 Å². The lowest BCUT2D eigenvalue weighted by Crippen LogP contribution is -2.52. The number of likely N-dealkylation sites (tertiary alicyclic amines) is 1. The summed E-state index contributed by atoms with van der Waals surface area (Å²) in [7, 11) is 1.90. The van der Waals surface area contributed by atoms with Crippen LogP contribution in [0.25, 0.3) is 11.0 Å². The third-order valence-corrected chi connectivity index (χ3v) is 7.57. The van der Waals surface area contributed by atoms with Crippen LogP contribution in [0, 0.1) is 17.2 Å². The van der Waals surface area contributed by atoms with E-state index >= 15 is 0 Å². The Labute approximate surface area is 233 Å². The number of rotatable bonds is 6. The summed E-state index contributed by atoms with van der Waals surface area (Å²) in [6, 6.07) is 11.4. The number of nitrogens with zero attached hydrogens (tertiary/aromatic N) is 7. The fourth-order valence-corrected chi connectivity index (χ4v) is 5.47. The van der Waals surface area contributed by atoms with Crippen molar-refractivity contribution >= 4 is 34.8 Å². The highest BCUT2D eigenvalue weighted by Gasteiger charge is 2.40. The van der Waals surface area contributed by atoms with E-state index in [1.807, 2.05) is 24.1 Å². The van der Waals surface area contributed by atoms with Crippen LogP contribution >= 0.6 is 0 Å². The molecule has 1 aliphatic rings. The molecule has 0 bridgehead atoms. The first-order valence-corrected chi connectivity index (χ1v) is 13.3. The SMILES string of the molecule is C[C@@H]1CCN(C(=O)CC#N)C[C@@H]1N(C)c1ncnc2c1ccn2C(=O)C(c1ccccc1)N(C(=O)O)C(C)(C)C. The Morgan fingerprint density at radius 2 is 1.88 bits per heavy atom. The van der Waals surface area contributed by atoms with E-state index in [9.17, 15) is 19.5 Å². The number of nitriles is 1. The molecule has 3 aromatic rings. The second-order valence-corrected chi connectivity index (χ2v) is 11.2. The quantitative estimate of drug-likeness (QED) is 0.487. The summed E-state index contributed by atoms with van der Waals surface area (Å²) in [4.78, 5) is 52.9. The molecule has 40 heavy (non-hydrogen) atoms. The number of amides is 2. The van der Waals surface area contributed by atoms with Crippen molar-refractivity contribution in [2.45, 2.75) is 58.2 Å². The molecular weight excluding hydrogens is 510 g/mol. The van der Waals surface area contributed by atoms with E-state index < -0.39 is 23.6 Å². The van der Waals surface area contributed by atoms with Gasteiger partial charge < -0.3 is 14.9 Å². The van der Waals surface area contributed by atoms with Gasteiger partial charge in [0.25, 0.3) is 5.91 Å². The minimum Gasteiger partial charge on any atom is -0.465 e. The maximum Gasteiger partial charge on any atom is 0.408 e. The Morgan fingerprint density at radius 3 is 2.50 bits per heavy atom. The Kier molecular flexibility index (Phi) is 8.09. The fourth-order valence-electron chi connectivity index (χ4n) is 5.47. The van der Waals surface area contributed by atoms with Crippen LogP contribution in [0.5, 0.6) is 0 Å². The Bertz CT molecular complexity index is 1440. The van der Waals surface area contributed by atoms with Crippen LogP contribution in [-0.4, -0.2) is 79.1 Å². The van der Waals surface area contributed by atoms with Crippen LogP contribution in [0.2, 0.25) is 0 Å². The molecule has 210 valence electrons. The molecule has 0 saturated carbocycles. The first-order valence-electron chi connectivity index (χ1n) is 13.3. The summed E-state index contributed by atoms with van der Waals surface area (Å²) < 4.78 is 1.39. The first-order chi connectivity index (χ1) is 19.0. The van der Waals surface area contributed by atoms with Crippen molar-refractivity contribution in [3.8, 4) is 6.07 Å². The van der Waals surface area contributed by atoms with Crippen molar-refractivity contribution in [3.05, 3.63) is 54.5 Å². The molecule has 0 spiro atoms. The minimum absolute atomic E-state index is 0.0611. The van der Waals surface area contributed by atoms with E-state index in [0.29, 0.717) is 35.5 Å². The molecule has 2 aromatic heterocycles. The molecule has 1 saturated heterocycles. The van der Waals surface area contributed by atoms with Crippen molar-refractivity contribution in [1.29, 1.82) is 5.26 Å². The molecule has 1 aliphatic heterocycles. The van der Waals surface area contributed by atoms with E-state index in [2.05, 4.69) is 16.9 Å². The smallest absolute Gasteiger partial charge is 0.408 e. The lowest BCUT2D eigenvalue weighted by atomic mass is 9.92. The molecule has 0 radical (unpaired) electrons. The third-order valence-electron chi connectivity index (χ3n) is 7.57. The molecule has 1 aromatic carbocycles. The van der Waals surface area contributed by atoms with Gasteiger partial charge in [-0.2, -0.15) is 5.26 Å². The second kappa shape index (κ2) is 11.3. The van der Waals surface area contributed by atoms with Crippen LogP contribution in [0.15, 0.2) is 48.9 Å². The molecule has 4 rings (SSSR count). The predicted octanol–water partition coefficient (Wildman–Crippen LogP) is 4.18. The number of fused-ring (bicyclic) bond motifs is 1. The number of hydrogen-bond acceptors (Lipinski definition) is 7. The maximum atomic E-state index is 14.1. The summed E-state index contributed by atoms with van der Waals surface area (Å²) in [5, 5.41) is 19.8. The zero-order valence-electron chi connectivity index (χ0n) is 23.5. The largest absolute Gasteiger partial charge is 0.465 e. The number of hydrogen-bond donors (Lipinski definition) is 1. The average molecular weight is 546 g/mol. The van der Waals surface area contributed by atoms with Crippen LogP contribution < -0.4 is 4.90 Å². The average Bonchev–Trinajstić information content (AvgIpc) is 3.35. The molecule has 11 heteroatoms. The van der Waals surface area contributed by atoms with Gasteiger partial charge in [-0.25, -0.2) is 14.8 Å². The van der Waals surface area contributed by atoms with Gasteiger partial charge >= 0.3 is 6.09 Å². The Morgan fingerprint density at radius 1 is 1.18 bits per heavy atom. The molecule has 1 fully saturated rings. The van der Waals surface area contributed by atoms with E-state index in [-0.39, 0.29) is 24.3 Å².